The zero-order chi connectivity index (χ0) is 25.2. The van der Waals surface area contributed by atoms with Crippen molar-refractivity contribution in [1.82, 2.24) is 10.2 Å². The summed E-state index contributed by atoms with van der Waals surface area (Å²) in [5, 5.41) is 1.84. The van der Waals surface area contributed by atoms with Crippen LogP contribution in [0.1, 0.15) is 35.2 Å². The molecule has 2 aromatic carbocycles. The third-order valence-corrected chi connectivity index (χ3v) is 6.15. The van der Waals surface area contributed by atoms with Crippen molar-refractivity contribution >= 4 is 23.4 Å². The summed E-state index contributed by atoms with van der Waals surface area (Å²) in [6, 6.07) is 13.4. The molecular weight excluding hydrogens is 463 g/mol. The van der Waals surface area contributed by atoms with Crippen LogP contribution in [-0.4, -0.2) is 55.0 Å². The van der Waals surface area contributed by atoms with Gasteiger partial charge in [0.25, 0.3) is 5.91 Å². The molecule has 1 atom stereocenters. The molecule has 1 heterocycles. The molecule has 0 unspecified atom stereocenters. The highest BCUT2D eigenvalue weighted by molar-refractivity contribution is 6.00. The first kappa shape index (κ1) is 24.6. The van der Waals surface area contributed by atoms with E-state index < -0.39 is 24.5 Å². The number of amides is 3. The van der Waals surface area contributed by atoms with E-state index in [2.05, 4.69) is 0 Å². The fraction of sp³-hybridized carbons (Fsp3) is 0.400. The van der Waals surface area contributed by atoms with E-state index in [4.69, 9.17) is 4.74 Å². The number of hydrogen-bond donors (Lipinski definition) is 1. The predicted octanol–water partition coefficient (Wildman–Crippen LogP) is 3.53. The smallest absolute Gasteiger partial charge is 0.405 e. The van der Waals surface area contributed by atoms with E-state index >= 15 is 0 Å². The van der Waals surface area contributed by atoms with Gasteiger partial charge in [0.1, 0.15) is 12.3 Å². The lowest BCUT2D eigenvalue weighted by molar-refractivity contribution is -0.137. The molecule has 1 saturated carbocycles. The molecule has 0 spiro atoms. The summed E-state index contributed by atoms with van der Waals surface area (Å²) < 4.78 is 42.1. The van der Waals surface area contributed by atoms with Gasteiger partial charge in [-0.2, -0.15) is 13.2 Å². The van der Waals surface area contributed by atoms with E-state index in [1.54, 1.807) is 53.3 Å². The number of alkyl halides is 3. The molecule has 1 aliphatic heterocycles. The number of benzene rings is 2. The van der Waals surface area contributed by atoms with Crippen LogP contribution in [0, 0.1) is 5.92 Å². The summed E-state index contributed by atoms with van der Waals surface area (Å²) >= 11 is 0. The molecule has 2 aromatic rings. The van der Waals surface area contributed by atoms with E-state index in [0.29, 0.717) is 24.5 Å². The summed E-state index contributed by atoms with van der Waals surface area (Å²) in [4.78, 5) is 41.3. The number of carbonyl (C=O) groups excluding carboxylic acids is 3. The minimum Gasteiger partial charge on any atom is -0.497 e. The molecule has 186 valence electrons. The Labute approximate surface area is 200 Å². The first-order valence-electron chi connectivity index (χ1n) is 11.3. The number of ether oxygens (including phenoxy) is 1. The van der Waals surface area contributed by atoms with Crippen LogP contribution < -0.4 is 15.0 Å². The van der Waals surface area contributed by atoms with Gasteiger partial charge in [-0.25, -0.2) is 0 Å². The maximum absolute atomic E-state index is 13.4. The Balaban J connectivity index is 1.39. The number of halogens is 3. The zero-order valence-electron chi connectivity index (χ0n) is 19.2. The van der Waals surface area contributed by atoms with Gasteiger partial charge in [-0.05, 0) is 54.8 Å². The summed E-state index contributed by atoms with van der Waals surface area (Å²) in [7, 11) is 1.56. The molecule has 4 rings (SSSR count). The number of nitrogens with zero attached hydrogens (tertiary/aromatic N) is 2. The molecule has 35 heavy (non-hydrogen) atoms. The Morgan fingerprint density at radius 1 is 1.09 bits per heavy atom. The van der Waals surface area contributed by atoms with E-state index in [1.165, 1.54) is 12.1 Å². The molecule has 1 saturated heterocycles. The van der Waals surface area contributed by atoms with Crippen LogP contribution in [0.4, 0.5) is 18.9 Å². The molecule has 7 nitrogen and oxygen atoms in total. The average molecular weight is 489 g/mol. The van der Waals surface area contributed by atoms with Crippen molar-refractivity contribution in [2.45, 2.75) is 38.0 Å². The molecule has 0 aromatic heterocycles. The van der Waals surface area contributed by atoms with Crippen LogP contribution in [0.5, 0.6) is 5.75 Å². The van der Waals surface area contributed by atoms with Gasteiger partial charge in [-0.3, -0.25) is 14.4 Å². The van der Waals surface area contributed by atoms with Crippen molar-refractivity contribution in [2.75, 3.05) is 25.1 Å². The van der Waals surface area contributed by atoms with E-state index in [-0.39, 0.29) is 29.8 Å². The molecule has 1 N–H and O–H groups in total. The predicted molar refractivity (Wildman–Crippen MR) is 122 cm³/mol. The number of nitrogens with one attached hydrogen (secondary N) is 1. The monoisotopic (exact) mass is 489 g/mol. The van der Waals surface area contributed by atoms with Gasteiger partial charge in [-0.15, -0.1) is 0 Å². The topological polar surface area (TPSA) is 79.0 Å². The van der Waals surface area contributed by atoms with Crippen molar-refractivity contribution in [3.8, 4) is 5.75 Å². The fourth-order valence-corrected chi connectivity index (χ4v) is 4.13. The number of hydrogen-bond acceptors (Lipinski definition) is 4. The fourth-order valence-electron chi connectivity index (χ4n) is 4.13. The van der Waals surface area contributed by atoms with Crippen molar-refractivity contribution in [1.29, 1.82) is 0 Å². The van der Waals surface area contributed by atoms with E-state index in [1.807, 2.05) is 5.32 Å². The highest BCUT2D eigenvalue weighted by Gasteiger charge is 2.41. The normalized spacial score (nSPS) is 17.9. The van der Waals surface area contributed by atoms with Crippen molar-refractivity contribution < 1.29 is 32.3 Å². The van der Waals surface area contributed by atoms with Crippen LogP contribution in [0.15, 0.2) is 48.5 Å². The average Bonchev–Trinajstić information content (AvgIpc) is 3.61. The molecule has 2 fully saturated rings. The zero-order valence-corrected chi connectivity index (χ0v) is 19.2. The van der Waals surface area contributed by atoms with Gasteiger partial charge in [0.2, 0.25) is 11.8 Å². The highest BCUT2D eigenvalue weighted by atomic mass is 19.4. The number of carbonyl (C=O) groups is 3. The molecule has 3 amide bonds. The van der Waals surface area contributed by atoms with Crippen LogP contribution in [-0.2, 0) is 16.1 Å². The Hall–Kier alpha value is -3.56. The first-order valence-corrected chi connectivity index (χ1v) is 11.3. The summed E-state index contributed by atoms with van der Waals surface area (Å²) in [6.07, 6.45) is -2.59. The van der Waals surface area contributed by atoms with Gasteiger partial charge < -0.3 is 19.9 Å². The number of methoxy groups -OCH3 is 1. The Morgan fingerprint density at radius 2 is 1.74 bits per heavy atom. The standard InChI is InChI=1S/C25H26F3N3O4/c1-35-21-10-8-19(9-11-21)30-14-18(12-22(30)32)24(34)31(20-6-7-20)13-16-2-4-17(5-3-16)23(33)29-15-25(26,27)28/h2-5,8-11,18,20H,6-7,12-15H2,1H3,(H,29,33)/t18-/m0/s1. The van der Waals surface area contributed by atoms with Gasteiger partial charge in [0.15, 0.2) is 0 Å². The summed E-state index contributed by atoms with van der Waals surface area (Å²) in [5.41, 5.74) is 1.58. The second-order valence-electron chi connectivity index (χ2n) is 8.80. The molecule has 0 radical (unpaired) electrons. The molecule has 1 aliphatic carbocycles. The molecule has 0 bridgehead atoms. The van der Waals surface area contributed by atoms with Crippen molar-refractivity contribution in [2.24, 2.45) is 5.92 Å². The molecular formula is C25H26F3N3O4. The lowest BCUT2D eigenvalue weighted by Gasteiger charge is -2.26. The maximum atomic E-state index is 13.4. The second kappa shape index (κ2) is 9.97. The summed E-state index contributed by atoms with van der Waals surface area (Å²) in [6.45, 7) is -0.794. The van der Waals surface area contributed by atoms with Crippen LogP contribution in [0.3, 0.4) is 0 Å². The van der Waals surface area contributed by atoms with Crippen LogP contribution in [0.25, 0.3) is 0 Å². The Bertz CT molecular complexity index is 1080. The lowest BCUT2D eigenvalue weighted by atomic mass is 10.1. The minimum atomic E-state index is -4.48. The third kappa shape index (κ3) is 6.12. The second-order valence-corrected chi connectivity index (χ2v) is 8.80. The quantitative estimate of drug-likeness (QED) is 0.616. The highest BCUT2D eigenvalue weighted by Crippen LogP contribution is 2.33. The largest absolute Gasteiger partial charge is 0.497 e. The van der Waals surface area contributed by atoms with Gasteiger partial charge in [0, 0.05) is 36.8 Å². The summed E-state index contributed by atoms with van der Waals surface area (Å²) in [5.74, 6) is -0.802. The third-order valence-electron chi connectivity index (χ3n) is 6.15. The van der Waals surface area contributed by atoms with Gasteiger partial charge in [-0.1, -0.05) is 12.1 Å². The SMILES string of the molecule is COc1ccc(N2C[C@@H](C(=O)N(Cc3ccc(C(=O)NCC(F)(F)F)cc3)C3CC3)CC2=O)cc1. The van der Waals surface area contributed by atoms with Gasteiger partial charge in [0.05, 0.1) is 13.0 Å². The maximum Gasteiger partial charge on any atom is 0.405 e. The number of anilines is 1. The Morgan fingerprint density at radius 3 is 2.31 bits per heavy atom. The van der Waals surface area contributed by atoms with Crippen LogP contribution in [0.2, 0.25) is 0 Å². The van der Waals surface area contributed by atoms with Crippen LogP contribution >= 0.6 is 0 Å². The Kier molecular flexibility index (Phi) is 7.00. The molecule has 10 heteroatoms. The lowest BCUT2D eigenvalue weighted by Crippen LogP contribution is -2.38. The molecule has 2 aliphatic rings. The minimum absolute atomic E-state index is 0.0936. The van der Waals surface area contributed by atoms with E-state index in [0.717, 1.165) is 18.4 Å². The first-order chi connectivity index (χ1) is 16.6. The van der Waals surface area contributed by atoms with E-state index in [9.17, 15) is 27.6 Å². The number of rotatable bonds is 8. The van der Waals surface area contributed by atoms with Gasteiger partial charge >= 0.3 is 6.18 Å². The van der Waals surface area contributed by atoms with Crippen molar-refractivity contribution in [3.05, 3.63) is 59.7 Å². The van der Waals surface area contributed by atoms with Crippen molar-refractivity contribution in [3.63, 3.8) is 0 Å².